The van der Waals surface area contributed by atoms with E-state index in [1.54, 1.807) is 0 Å². The first-order valence-corrected chi connectivity index (χ1v) is 6.89. The van der Waals surface area contributed by atoms with Crippen LogP contribution >= 0.6 is 15.9 Å². The molecule has 20 heavy (non-hydrogen) atoms. The molecular weight excluding hydrogens is 318 g/mol. The second-order valence-corrected chi connectivity index (χ2v) is 5.35. The molecule has 3 aromatic rings. The first-order chi connectivity index (χ1) is 9.65. The SMILES string of the molecule is Cc1cccc(-c2noc(-c3cccc(Br)c3N)n2)c1. The Balaban J connectivity index is 2.04. The number of nitrogen functional groups attached to an aromatic ring is 1. The van der Waals surface area contributed by atoms with Crippen LogP contribution in [0.1, 0.15) is 5.56 Å². The Morgan fingerprint density at radius 2 is 1.95 bits per heavy atom. The van der Waals surface area contributed by atoms with Gasteiger partial charge in [0.1, 0.15) is 0 Å². The molecule has 100 valence electrons. The van der Waals surface area contributed by atoms with Gasteiger partial charge in [-0.05, 0) is 41.1 Å². The number of nitrogens with two attached hydrogens (primary N) is 1. The second kappa shape index (κ2) is 5.09. The van der Waals surface area contributed by atoms with Crippen LogP contribution in [0.3, 0.4) is 0 Å². The molecular formula is C15H12BrN3O. The number of aromatic nitrogens is 2. The summed E-state index contributed by atoms with van der Waals surface area (Å²) in [6.45, 7) is 2.02. The van der Waals surface area contributed by atoms with Crippen LogP contribution in [0.4, 0.5) is 5.69 Å². The number of aryl methyl sites for hydroxylation is 1. The first kappa shape index (κ1) is 12.9. The standard InChI is InChI=1S/C15H12BrN3O/c1-9-4-2-5-10(8-9)14-18-15(20-19-14)11-6-3-7-12(16)13(11)17/h2-8H,17H2,1H3. The van der Waals surface area contributed by atoms with E-state index in [1.807, 2.05) is 49.4 Å². The van der Waals surface area contributed by atoms with Crippen molar-refractivity contribution in [3.05, 3.63) is 52.5 Å². The largest absolute Gasteiger partial charge is 0.397 e. The van der Waals surface area contributed by atoms with Gasteiger partial charge in [0.25, 0.3) is 5.89 Å². The first-order valence-electron chi connectivity index (χ1n) is 6.10. The van der Waals surface area contributed by atoms with Crippen LogP contribution < -0.4 is 5.73 Å². The van der Waals surface area contributed by atoms with Gasteiger partial charge < -0.3 is 10.3 Å². The second-order valence-electron chi connectivity index (χ2n) is 4.49. The lowest BCUT2D eigenvalue weighted by Crippen LogP contribution is -1.91. The molecule has 4 nitrogen and oxygen atoms in total. The molecule has 1 heterocycles. The zero-order valence-corrected chi connectivity index (χ0v) is 12.4. The lowest BCUT2D eigenvalue weighted by atomic mass is 10.1. The maximum atomic E-state index is 6.01. The Bertz CT molecular complexity index is 767. The molecule has 5 heteroatoms. The molecule has 0 unspecified atom stereocenters. The molecule has 0 spiro atoms. The van der Waals surface area contributed by atoms with Gasteiger partial charge in [0.05, 0.1) is 11.3 Å². The van der Waals surface area contributed by atoms with Gasteiger partial charge in [-0.2, -0.15) is 4.98 Å². The average molecular weight is 330 g/mol. The van der Waals surface area contributed by atoms with Crippen molar-refractivity contribution in [1.82, 2.24) is 10.1 Å². The fraction of sp³-hybridized carbons (Fsp3) is 0.0667. The van der Waals surface area contributed by atoms with Crippen LogP contribution in [0.25, 0.3) is 22.8 Å². The summed E-state index contributed by atoms with van der Waals surface area (Å²) in [5.41, 5.74) is 9.40. The maximum Gasteiger partial charge on any atom is 0.260 e. The van der Waals surface area contributed by atoms with Crippen molar-refractivity contribution in [2.24, 2.45) is 0 Å². The van der Waals surface area contributed by atoms with Gasteiger partial charge >= 0.3 is 0 Å². The number of benzene rings is 2. The molecule has 0 atom stereocenters. The van der Waals surface area contributed by atoms with E-state index in [2.05, 4.69) is 26.1 Å². The summed E-state index contributed by atoms with van der Waals surface area (Å²) < 4.78 is 6.13. The molecule has 3 rings (SSSR count). The number of halogens is 1. The number of hydrogen-bond acceptors (Lipinski definition) is 4. The summed E-state index contributed by atoms with van der Waals surface area (Å²) in [5, 5.41) is 4.02. The molecule has 0 radical (unpaired) electrons. The van der Waals surface area contributed by atoms with E-state index in [4.69, 9.17) is 10.3 Å². The summed E-state index contributed by atoms with van der Waals surface area (Å²) in [4.78, 5) is 4.42. The quantitative estimate of drug-likeness (QED) is 0.720. The third-order valence-corrected chi connectivity index (χ3v) is 3.68. The van der Waals surface area contributed by atoms with Gasteiger partial charge in [-0.1, -0.05) is 35.0 Å². The Morgan fingerprint density at radius 1 is 1.15 bits per heavy atom. The number of hydrogen-bond donors (Lipinski definition) is 1. The number of para-hydroxylation sites is 1. The molecule has 0 aliphatic carbocycles. The van der Waals surface area contributed by atoms with Crippen LogP contribution in [-0.4, -0.2) is 10.1 Å². The van der Waals surface area contributed by atoms with E-state index >= 15 is 0 Å². The van der Waals surface area contributed by atoms with E-state index in [9.17, 15) is 0 Å². The Kier molecular flexibility index (Phi) is 3.28. The highest BCUT2D eigenvalue weighted by molar-refractivity contribution is 9.10. The van der Waals surface area contributed by atoms with E-state index in [1.165, 1.54) is 0 Å². The van der Waals surface area contributed by atoms with E-state index in [0.29, 0.717) is 17.4 Å². The summed E-state index contributed by atoms with van der Waals surface area (Å²) in [6.07, 6.45) is 0. The smallest absolute Gasteiger partial charge is 0.260 e. The van der Waals surface area contributed by atoms with Gasteiger partial charge in [0.2, 0.25) is 5.82 Å². The highest BCUT2D eigenvalue weighted by Crippen LogP contribution is 2.31. The van der Waals surface area contributed by atoms with Crippen molar-refractivity contribution >= 4 is 21.6 Å². The molecule has 0 aliphatic rings. The predicted octanol–water partition coefficient (Wildman–Crippen LogP) is 4.06. The molecule has 0 saturated carbocycles. The lowest BCUT2D eigenvalue weighted by Gasteiger charge is -2.01. The number of anilines is 1. The van der Waals surface area contributed by atoms with Gasteiger partial charge in [0, 0.05) is 10.0 Å². The van der Waals surface area contributed by atoms with Crippen LogP contribution in [0.5, 0.6) is 0 Å². The molecule has 0 amide bonds. The van der Waals surface area contributed by atoms with Gasteiger partial charge in [-0.15, -0.1) is 0 Å². The fourth-order valence-electron chi connectivity index (χ4n) is 1.96. The third kappa shape index (κ3) is 2.32. The van der Waals surface area contributed by atoms with Crippen molar-refractivity contribution in [3.63, 3.8) is 0 Å². The number of rotatable bonds is 2. The lowest BCUT2D eigenvalue weighted by molar-refractivity contribution is 0.432. The minimum atomic E-state index is 0.417. The molecule has 2 aromatic carbocycles. The fourth-order valence-corrected chi connectivity index (χ4v) is 2.32. The summed E-state index contributed by atoms with van der Waals surface area (Å²) in [7, 11) is 0. The summed E-state index contributed by atoms with van der Waals surface area (Å²) in [5.74, 6) is 0.975. The molecule has 0 saturated heterocycles. The minimum absolute atomic E-state index is 0.417. The molecule has 2 N–H and O–H groups in total. The van der Waals surface area contributed by atoms with Crippen molar-refractivity contribution in [2.45, 2.75) is 6.92 Å². The van der Waals surface area contributed by atoms with Crippen LogP contribution in [0.15, 0.2) is 51.5 Å². The van der Waals surface area contributed by atoms with E-state index < -0.39 is 0 Å². The van der Waals surface area contributed by atoms with Crippen LogP contribution in [0, 0.1) is 6.92 Å². The van der Waals surface area contributed by atoms with Crippen molar-refractivity contribution in [1.29, 1.82) is 0 Å². The normalized spacial score (nSPS) is 10.7. The van der Waals surface area contributed by atoms with Crippen molar-refractivity contribution in [3.8, 4) is 22.8 Å². The minimum Gasteiger partial charge on any atom is -0.397 e. The predicted molar refractivity (Wildman–Crippen MR) is 82.0 cm³/mol. The Morgan fingerprint density at radius 3 is 2.75 bits per heavy atom. The number of nitrogens with zero attached hydrogens (tertiary/aromatic N) is 2. The topological polar surface area (TPSA) is 64.9 Å². The maximum absolute atomic E-state index is 6.01. The van der Waals surface area contributed by atoms with Gasteiger partial charge in [-0.25, -0.2) is 0 Å². The third-order valence-electron chi connectivity index (χ3n) is 2.99. The highest BCUT2D eigenvalue weighted by atomic mass is 79.9. The Hall–Kier alpha value is -2.14. The van der Waals surface area contributed by atoms with E-state index in [0.717, 1.165) is 21.2 Å². The molecule has 0 fully saturated rings. The van der Waals surface area contributed by atoms with Crippen LogP contribution in [0.2, 0.25) is 0 Å². The summed E-state index contributed by atoms with van der Waals surface area (Å²) >= 11 is 3.39. The molecule has 1 aromatic heterocycles. The Labute approximate surface area is 124 Å². The zero-order valence-electron chi connectivity index (χ0n) is 10.8. The van der Waals surface area contributed by atoms with Crippen molar-refractivity contribution in [2.75, 3.05) is 5.73 Å². The molecule has 0 aliphatic heterocycles. The average Bonchev–Trinajstić information content (AvgIpc) is 2.91. The van der Waals surface area contributed by atoms with Gasteiger partial charge in [-0.3, -0.25) is 0 Å². The van der Waals surface area contributed by atoms with Gasteiger partial charge in [0.15, 0.2) is 0 Å². The summed E-state index contributed by atoms with van der Waals surface area (Å²) in [6, 6.07) is 13.6. The zero-order chi connectivity index (χ0) is 14.1. The monoisotopic (exact) mass is 329 g/mol. The van der Waals surface area contributed by atoms with Crippen LogP contribution in [-0.2, 0) is 0 Å². The van der Waals surface area contributed by atoms with Crippen molar-refractivity contribution < 1.29 is 4.52 Å². The van der Waals surface area contributed by atoms with E-state index in [-0.39, 0.29) is 0 Å². The molecule has 0 bridgehead atoms. The highest BCUT2D eigenvalue weighted by Gasteiger charge is 2.14.